The van der Waals surface area contributed by atoms with E-state index in [4.69, 9.17) is 0 Å². The molecule has 7 heteroatoms. The number of sulfonamides is 1. The van der Waals surface area contributed by atoms with Crippen molar-refractivity contribution in [2.75, 3.05) is 6.54 Å². The molecule has 0 bridgehead atoms. The number of aromatic nitrogens is 1. The van der Waals surface area contributed by atoms with Gasteiger partial charge in [0.25, 0.3) is 0 Å². The molecule has 0 aromatic carbocycles. The summed E-state index contributed by atoms with van der Waals surface area (Å²) in [6, 6.07) is 0.281. The van der Waals surface area contributed by atoms with Gasteiger partial charge >= 0.3 is 0 Å². The van der Waals surface area contributed by atoms with Crippen LogP contribution in [0.15, 0.2) is 5.38 Å². The quantitative estimate of drug-likeness (QED) is 0.793. The van der Waals surface area contributed by atoms with E-state index in [1.54, 1.807) is 6.92 Å². The van der Waals surface area contributed by atoms with Crippen molar-refractivity contribution in [3.8, 4) is 0 Å². The first-order valence-corrected chi connectivity index (χ1v) is 8.36. The van der Waals surface area contributed by atoms with Gasteiger partial charge in [0.1, 0.15) is 0 Å². The topological polar surface area (TPSA) is 71.1 Å². The van der Waals surface area contributed by atoms with Crippen molar-refractivity contribution in [2.45, 2.75) is 45.5 Å². The van der Waals surface area contributed by atoms with E-state index in [-0.39, 0.29) is 12.6 Å². The van der Waals surface area contributed by atoms with Gasteiger partial charge in [0, 0.05) is 18.0 Å². The molecule has 0 aliphatic carbocycles. The van der Waals surface area contributed by atoms with Crippen LogP contribution in [0, 0.1) is 6.92 Å². The Morgan fingerprint density at radius 3 is 2.56 bits per heavy atom. The maximum atomic E-state index is 11.9. The molecule has 1 heterocycles. The van der Waals surface area contributed by atoms with E-state index in [1.165, 1.54) is 11.3 Å². The Labute approximate surface area is 113 Å². The predicted octanol–water partition coefficient (Wildman–Crippen LogP) is 1.26. The lowest BCUT2D eigenvalue weighted by Gasteiger charge is -2.15. The molecule has 0 saturated carbocycles. The molecule has 1 aromatic rings. The molecule has 2 N–H and O–H groups in total. The molecule has 0 fully saturated rings. The second kappa shape index (κ2) is 6.60. The molecule has 18 heavy (non-hydrogen) atoms. The van der Waals surface area contributed by atoms with Gasteiger partial charge in [-0.15, -0.1) is 11.3 Å². The number of nitrogens with zero attached hydrogens (tertiary/aromatic N) is 1. The van der Waals surface area contributed by atoms with Crippen LogP contribution in [0.1, 0.15) is 31.5 Å². The predicted molar refractivity (Wildman–Crippen MR) is 75.2 cm³/mol. The van der Waals surface area contributed by atoms with Gasteiger partial charge in [-0.2, -0.15) is 0 Å². The van der Waals surface area contributed by atoms with E-state index in [9.17, 15) is 8.42 Å². The second-order valence-electron chi connectivity index (χ2n) is 4.60. The third-order valence-electron chi connectivity index (χ3n) is 2.46. The van der Waals surface area contributed by atoms with E-state index in [0.717, 1.165) is 10.7 Å². The Morgan fingerprint density at radius 1 is 1.39 bits per heavy atom. The van der Waals surface area contributed by atoms with Crippen LogP contribution < -0.4 is 10.0 Å². The monoisotopic (exact) mass is 291 g/mol. The van der Waals surface area contributed by atoms with E-state index in [0.29, 0.717) is 6.54 Å². The fourth-order valence-corrected chi connectivity index (χ4v) is 2.88. The van der Waals surface area contributed by atoms with Crippen molar-refractivity contribution in [1.82, 2.24) is 15.0 Å². The van der Waals surface area contributed by atoms with E-state index < -0.39 is 15.3 Å². The summed E-state index contributed by atoms with van der Waals surface area (Å²) >= 11 is 1.52. The van der Waals surface area contributed by atoms with Crippen molar-refractivity contribution < 1.29 is 8.42 Å². The van der Waals surface area contributed by atoms with Crippen molar-refractivity contribution in [2.24, 2.45) is 0 Å². The van der Waals surface area contributed by atoms with Crippen LogP contribution >= 0.6 is 11.3 Å². The molecule has 0 spiro atoms. The molecule has 0 radical (unpaired) electrons. The standard InChI is InChI=1S/C11H21N3O2S2/c1-8(2)12-5-9(3)18(15,16)13-6-11-7-17-10(4)14-11/h7-9,12-13H,5-6H2,1-4H3. The molecule has 0 aliphatic rings. The first kappa shape index (κ1) is 15.6. The second-order valence-corrected chi connectivity index (χ2v) is 7.84. The summed E-state index contributed by atoms with van der Waals surface area (Å²) < 4.78 is 26.5. The van der Waals surface area contributed by atoms with Crippen LogP contribution in [0.5, 0.6) is 0 Å². The molecular formula is C11H21N3O2S2. The minimum Gasteiger partial charge on any atom is -0.313 e. The first-order valence-electron chi connectivity index (χ1n) is 5.94. The molecule has 1 aromatic heterocycles. The van der Waals surface area contributed by atoms with E-state index >= 15 is 0 Å². The number of thiazole rings is 1. The number of aryl methyl sites for hydroxylation is 1. The normalized spacial score (nSPS) is 14.1. The highest BCUT2D eigenvalue weighted by Gasteiger charge is 2.20. The molecule has 1 atom stereocenters. The van der Waals surface area contributed by atoms with Crippen LogP contribution in [0.3, 0.4) is 0 Å². The first-order chi connectivity index (χ1) is 8.31. The van der Waals surface area contributed by atoms with Crippen molar-refractivity contribution in [3.05, 3.63) is 16.1 Å². The van der Waals surface area contributed by atoms with Crippen LogP contribution in [0.4, 0.5) is 0 Å². The van der Waals surface area contributed by atoms with Gasteiger partial charge in [0.15, 0.2) is 0 Å². The van der Waals surface area contributed by atoms with Crippen LogP contribution in [-0.2, 0) is 16.6 Å². The summed E-state index contributed by atoms with van der Waals surface area (Å²) in [6.07, 6.45) is 0. The van der Waals surface area contributed by atoms with Gasteiger partial charge in [-0.25, -0.2) is 18.1 Å². The van der Waals surface area contributed by atoms with Crippen molar-refractivity contribution >= 4 is 21.4 Å². The van der Waals surface area contributed by atoms with Crippen molar-refractivity contribution in [1.29, 1.82) is 0 Å². The fraction of sp³-hybridized carbons (Fsp3) is 0.727. The van der Waals surface area contributed by atoms with Gasteiger partial charge in [-0.1, -0.05) is 13.8 Å². The Morgan fingerprint density at radius 2 is 2.06 bits per heavy atom. The lowest BCUT2D eigenvalue weighted by atomic mass is 10.3. The zero-order valence-electron chi connectivity index (χ0n) is 11.2. The molecule has 0 aliphatic heterocycles. The lowest BCUT2D eigenvalue weighted by Crippen LogP contribution is -2.40. The third-order valence-corrected chi connectivity index (χ3v) is 5.06. The summed E-state index contributed by atoms with van der Waals surface area (Å²) in [4.78, 5) is 4.22. The van der Waals surface area contributed by atoms with E-state index in [2.05, 4.69) is 15.0 Å². The molecule has 0 saturated heterocycles. The molecular weight excluding hydrogens is 270 g/mol. The highest BCUT2D eigenvalue weighted by molar-refractivity contribution is 7.90. The molecule has 1 unspecified atom stereocenters. The fourth-order valence-electron chi connectivity index (χ4n) is 1.32. The summed E-state index contributed by atoms with van der Waals surface area (Å²) in [5.41, 5.74) is 0.769. The average molecular weight is 291 g/mol. The number of hydrogen-bond acceptors (Lipinski definition) is 5. The van der Waals surface area contributed by atoms with Crippen LogP contribution in [0.25, 0.3) is 0 Å². The maximum Gasteiger partial charge on any atom is 0.215 e. The van der Waals surface area contributed by atoms with Crippen molar-refractivity contribution in [3.63, 3.8) is 0 Å². The largest absolute Gasteiger partial charge is 0.313 e. The minimum atomic E-state index is -3.29. The summed E-state index contributed by atoms with van der Waals surface area (Å²) in [5, 5.41) is 5.48. The highest BCUT2D eigenvalue weighted by atomic mass is 32.2. The minimum absolute atomic E-state index is 0.263. The molecule has 104 valence electrons. The summed E-state index contributed by atoms with van der Waals surface area (Å²) in [7, 11) is -3.29. The Hall–Kier alpha value is -0.500. The summed E-state index contributed by atoms with van der Waals surface area (Å²) in [6.45, 7) is 8.29. The summed E-state index contributed by atoms with van der Waals surface area (Å²) in [5.74, 6) is 0. The zero-order chi connectivity index (χ0) is 13.8. The average Bonchev–Trinajstić information content (AvgIpc) is 2.69. The zero-order valence-corrected chi connectivity index (χ0v) is 12.9. The van der Waals surface area contributed by atoms with Crippen LogP contribution in [-0.4, -0.2) is 31.2 Å². The van der Waals surface area contributed by atoms with Gasteiger partial charge in [-0.3, -0.25) is 0 Å². The Balaban J connectivity index is 2.48. The van der Waals surface area contributed by atoms with Gasteiger partial charge < -0.3 is 5.32 Å². The molecule has 0 amide bonds. The highest BCUT2D eigenvalue weighted by Crippen LogP contribution is 2.08. The maximum absolute atomic E-state index is 11.9. The smallest absolute Gasteiger partial charge is 0.215 e. The van der Waals surface area contributed by atoms with Gasteiger partial charge in [0.2, 0.25) is 10.0 Å². The SMILES string of the molecule is Cc1nc(CNS(=O)(=O)C(C)CNC(C)C)cs1. The number of nitrogens with one attached hydrogen (secondary N) is 2. The van der Waals surface area contributed by atoms with Crippen LogP contribution in [0.2, 0.25) is 0 Å². The lowest BCUT2D eigenvalue weighted by molar-refractivity contribution is 0.540. The molecule has 5 nitrogen and oxygen atoms in total. The number of rotatable bonds is 7. The molecule has 1 rings (SSSR count). The Bertz CT molecular complexity index is 468. The number of hydrogen-bond donors (Lipinski definition) is 2. The van der Waals surface area contributed by atoms with E-state index in [1.807, 2.05) is 26.2 Å². The third kappa shape index (κ3) is 5.01. The Kier molecular flexibility index (Phi) is 5.71. The van der Waals surface area contributed by atoms with Gasteiger partial charge in [0.05, 0.1) is 22.5 Å². The van der Waals surface area contributed by atoms with Gasteiger partial charge in [-0.05, 0) is 13.8 Å².